The zero-order chi connectivity index (χ0) is 22.5. The molecule has 10 nitrogen and oxygen atoms in total. The van der Waals surface area contributed by atoms with Crippen molar-refractivity contribution in [3.63, 3.8) is 0 Å². The molecule has 0 aliphatic rings. The number of hydrogen-bond acceptors (Lipinski definition) is 9. The number of hydrogen-bond donors (Lipinski definition) is 7. The number of aromatic hydroxyl groups is 6. The van der Waals surface area contributed by atoms with Gasteiger partial charge in [-0.2, -0.15) is 0 Å². The summed E-state index contributed by atoms with van der Waals surface area (Å²) in [5.74, 6) is -4.61. The average molecular weight is 480 g/mol. The van der Waals surface area contributed by atoms with Gasteiger partial charge in [-0.3, -0.25) is 4.57 Å². The van der Waals surface area contributed by atoms with E-state index < -0.39 is 48.0 Å². The molecule has 0 spiro atoms. The molecule has 0 fully saturated rings. The second-order valence-corrected chi connectivity index (χ2v) is 8.55. The highest BCUT2D eigenvalue weighted by Crippen LogP contribution is 2.47. The third kappa shape index (κ3) is 6.09. The summed E-state index contributed by atoms with van der Waals surface area (Å²) in [6.07, 6.45) is -0.0547. The Morgan fingerprint density at radius 2 is 1.23 bits per heavy atom. The molecule has 0 heterocycles. The number of benzene rings is 2. The standard InChI is InChI=1S/C19H26NO9P.ClH/c1-3-28-30(27,29-4-2)10-20-9-13(11-5-7-14(21)18(25)16(11)23)12-6-8-15(22)19(26)17(12)24;/h5-8,13,20-26H,3-4,9-10H2,1-2H3;1H. The van der Waals surface area contributed by atoms with Gasteiger partial charge >= 0.3 is 7.60 Å². The van der Waals surface area contributed by atoms with Crippen molar-refractivity contribution in [1.29, 1.82) is 0 Å². The van der Waals surface area contributed by atoms with Gasteiger partial charge in [0.1, 0.15) is 0 Å². The second-order valence-electron chi connectivity index (χ2n) is 6.45. The number of phenols is 6. The van der Waals surface area contributed by atoms with Crippen LogP contribution >= 0.6 is 7.60 Å². The van der Waals surface area contributed by atoms with Crippen LogP contribution in [0.5, 0.6) is 34.5 Å². The molecule has 2 aromatic rings. The molecule has 0 aliphatic carbocycles. The first-order valence-electron chi connectivity index (χ1n) is 9.32. The summed E-state index contributed by atoms with van der Waals surface area (Å²) in [6.45, 7) is 3.83. The molecule has 0 saturated heterocycles. The molecule has 0 unspecified atom stereocenters. The van der Waals surface area contributed by atoms with Gasteiger partial charge in [-0.25, -0.2) is 0 Å². The lowest BCUT2D eigenvalue weighted by molar-refractivity contribution is -0.641. The van der Waals surface area contributed by atoms with Crippen molar-refractivity contribution in [3.05, 3.63) is 35.4 Å². The van der Waals surface area contributed by atoms with Crippen LogP contribution in [0.25, 0.3) is 0 Å². The first-order chi connectivity index (χ1) is 14.1. The lowest BCUT2D eigenvalue weighted by atomic mass is 9.89. The van der Waals surface area contributed by atoms with E-state index in [-0.39, 0.29) is 49.6 Å². The highest BCUT2D eigenvalue weighted by Gasteiger charge is 2.30. The summed E-state index contributed by atoms with van der Waals surface area (Å²) < 4.78 is 23.2. The predicted octanol–water partition coefficient (Wildman–Crippen LogP) is -1.16. The summed E-state index contributed by atoms with van der Waals surface area (Å²) in [5.41, 5.74) is 0.259. The Hall–Kier alpha value is -2.36. The van der Waals surface area contributed by atoms with Gasteiger partial charge in [-0.15, -0.1) is 0 Å². The third-order valence-corrected chi connectivity index (χ3v) is 6.49. The van der Waals surface area contributed by atoms with Crippen molar-refractivity contribution in [3.8, 4) is 34.5 Å². The first kappa shape index (κ1) is 26.7. The fourth-order valence-corrected chi connectivity index (χ4v) is 4.63. The van der Waals surface area contributed by atoms with Crippen molar-refractivity contribution < 1.29 is 62.0 Å². The Labute approximate surface area is 185 Å². The number of phenolic OH excluding ortho intramolecular Hbond substituents is 6. The summed E-state index contributed by atoms with van der Waals surface area (Å²) >= 11 is 0. The molecule has 2 aromatic carbocycles. The van der Waals surface area contributed by atoms with Crippen molar-refractivity contribution in [2.75, 3.05) is 26.0 Å². The molecule has 0 saturated carbocycles. The van der Waals surface area contributed by atoms with E-state index in [0.717, 1.165) is 0 Å². The van der Waals surface area contributed by atoms with Crippen molar-refractivity contribution in [2.45, 2.75) is 19.8 Å². The second kappa shape index (κ2) is 11.3. The topological polar surface area (TPSA) is 174 Å². The molecule has 0 atom stereocenters. The molecular weight excluding hydrogens is 453 g/mol. The number of halogens is 1. The molecule has 31 heavy (non-hydrogen) atoms. The normalized spacial score (nSPS) is 11.5. The van der Waals surface area contributed by atoms with Crippen molar-refractivity contribution in [2.24, 2.45) is 0 Å². The number of nitrogens with two attached hydrogens (primary N) is 1. The minimum Gasteiger partial charge on any atom is -1.00 e. The molecule has 0 aliphatic heterocycles. The summed E-state index contributed by atoms with van der Waals surface area (Å²) in [4.78, 5) is 0. The zero-order valence-electron chi connectivity index (χ0n) is 17.0. The quantitative estimate of drug-likeness (QED) is 0.164. The van der Waals surface area contributed by atoms with Crippen LogP contribution in [0.3, 0.4) is 0 Å². The lowest BCUT2D eigenvalue weighted by Gasteiger charge is -2.21. The van der Waals surface area contributed by atoms with Crippen molar-refractivity contribution in [1.82, 2.24) is 0 Å². The SMILES string of the molecule is CCOP(=O)(C[NH2+]CC(c1ccc(O)c(O)c1O)c1ccc(O)c(O)c1O)OCC.[Cl-]. The van der Waals surface area contributed by atoms with Gasteiger partial charge in [0.15, 0.2) is 29.3 Å². The van der Waals surface area contributed by atoms with E-state index in [1.54, 1.807) is 19.2 Å². The van der Waals surface area contributed by atoms with Crippen LogP contribution in [0.4, 0.5) is 0 Å². The van der Waals surface area contributed by atoms with Gasteiger partial charge in [-0.1, -0.05) is 12.1 Å². The van der Waals surface area contributed by atoms with Gasteiger partial charge in [0.2, 0.25) is 11.5 Å². The summed E-state index contributed by atoms with van der Waals surface area (Å²) in [6, 6.07) is 5.02. The van der Waals surface area contributed by atoms with Crippen LogP contribution in [0.2, 0.25) is 0 Å². The van der Waals surface area contributed by atoms with E-state index >= 15 is 0 Å². The zero-order valence-corrected chi connectivity index (χ0v) is 18.7. The van der Waals surface area contributed by atoms with Crippen LogP contribution in [0, 0.1) is 0 Å². The smallest absolute Gasteiger partial charge is 0.384 e. The molecule has 8 N–H and O–H groups in total. The van der Waals surface area contributed by atoms with Crippen LogP contribution < -0.4 is 17.7 Å². The van der Waals surface area contributed by atoms with E-state index in [9.17, 15) is 35.2 Å². The molecule has 2 rings (SSSR count). The van der Waals surface area contributed by atoms with Gasteiger partial charge in [0, 0.05) is 11.1 Å². The fraction of sp³-hybridized carbons (Fsp3) is 0.368. The van der Waals surface area contributed by atoms with Gasteiger partial charge in [0.05, 0.1) is 25.7 Å². The first-order valence-corrected chi connectivity index (χ1v) is 11.0. The maximum Gasteiger partial charge on any atom is 0.384 e. The number of quaternary nitrogens is 1. The maximum atomic E-state index is 12.7. The molecule has 0 radical (unpaired) electrons. The monoisotopic (exact) mass is 479 g/mol. The molecular formula is C19H27ClNO9P. The van der Waals surface area contributed by atoms with Crippen molar-refractivity contribution >= 4 is 7.60 Å². The Balaban J connectivity index is 0.00000480. The summed E-state index contributed by atoms with van der Waals surface area (Å²) in [5, 5.41) is 61.3. The average Bonchev–Trinajstić information content (AvgIpc) is 2.69. The Kier molecular flexibility index (Phi) is 9.73. The fourth-order valence-electron chi connectivity index (χ4n) is 3.09. The highest BCUT2D eigenvalue weighted by atomic mass is 35.5. The van der Waals surface area contributed by atoms with E-state index in [2.05, 4.69) is 0 Å². The lowest BCUT2D eigenvalue weighted by Crippen LogP contribution is -3.00. The van der Waals surface area contributed by atoms with E-state index in [1.165, 1.54) is 24.3 Å². The summed E-state index contributed by atoms with van der Waals surface area (Å²) in [7, 11) is -3.38. The Morgan fingerprint density at radius 3 is 1.61 bits per heavy atom. The minimum atomic E-state index is -3.38. The molecule has 0 amide bonds. The molecule has 12 heteroatoms. The Bertz CT molecular complexity index is 874. The Morgan fingerprint density at radius 1 is 0.806 bits per heavy atom. The molecule has 0 bridgehead atoms. The minimum absolute atomic E-state index is 0. The van der Waals surface area contributed by atoms with E-state index in [4.69, 9.17) is 9.05 Å². The van der Waals surface area contributed by atoms with Gasteiger partial charge < -0.3 is 57.4 Å². The van der Waals surface area contributed by atoms with Crippen LogP contribution in [0.15, 0.2) is 24.3 Å². The molecule has 174 valence electrons. The van der Waals surface area contributed by atoms with Gasteiger partial charge in [-0.05, 0) is 26.0 Å². The number of rotatable bonds is 10. The predicted molar refractivity (Wildman–Crippen MR) is 107 cm³/mol. The van der Waals surface area contributed by atoms with Crippen LogP contribution in [-0.4, -0.2) is 56.7 Å². The largest absolute Gasteiger partial charge is 1.00 e. The van der Waals surface area contributed by atoms with Gasteiger partial charge in [0.25, 0.3) is 0 Å². The van der Waals surface area contributed by atoms with Crippen LogP contribution in [0.1, 0.15) is 30.9 Å². The van der Waals surface area contributed by atoms with E-state index in [0.29, 0.717) is 0 Å². The third-order valence-electron chi connectivity index (χ3n) is 4.48. The highest BCUT2D eigenvalue weighted by molar-refractivity contribution is 7.53. The molecule has 0 aromatic heterocycles. The van der Waals surface area contributed by atoms with Crippen LogP contribution in [-0.2, 0) is 13.6 Å². The van der Waals surface area contributed by atoms with E-state index in [1.807, 2.05) is 0 Å². The maximum absolute atomic E-state index is 12.7.